The minimum Gasteiger partial charge on any atom is -0.357 e. The summed E-state index contributed by atoms with van der Waals surface area (Å²) in [5.41, 5.74) is 4.54. The van der Waals surface area contributed by atoms with Crippen molar-refractivity contribution in [3.8, 4) is 0 Å². The van der Waals surface area contributed by atoms with Crippen LogP contribution >= 0.6 is 11.6 Å². The molecule has 0 spiro atoms. The molecule has 10 heteroatoms. The van der Waals surface area contributed by atoms with E-state index < -0.39 is 21.8 Å². The fourth-order valence-electron chi connectivity index (χ4n) is 1.59. The summed E-state index contributed by atoms with van der Waals surface area (Å²) in [6.07, 6.45) is 1.55. The molecule has 5 N–H and O–H groups in total. The van der Waals surface area contributed by atoms with E-state index in [0.717, 1.165) is 6.07 Å². The number of hydrogen-bond acceptors (Lipinski definition) is 4. The van der Waals surface area contributed by atoms with Crippen LogP contribution in [-0.4, -0.2) is 25.2 Å². The van der Waals surface area contributed by atoms with Crippen molar-refractivity contribution in [2.24, 2.45) is 5.14 Å². The van der Waals surface area contributed by atoms with Gasteiger partial charge in [-0.2, -0.15) is 0 Å². The van der Waals surface area contributed by atoms with Crippen LogP contribution in [0.2, 0.25) is 5.02 Å². The van der Waals surface area contributed by atoms with Gasteiger partial charge in [-0.25, -0.2) is 13.6 Å². The topological polar surface area (TPSA) is 134 Å². The SMILES string of the molecule is NS(=O)(=O)c1cc(C(=O)NNC(=O)c2ccc[nH]2)ccc1Cl. The molecule has 0 atom stereocenters. The summed E-state index contributed by atoms with van der Waals surface area (Å²) in [5, 5.41) is 4.89. The lowest BCUT2D eigenvalue weighted by molar-refractivity contribution is 0.0844. The highest BCUT2D eigenvalue weighted by Crippen LogP contribution is 2.21. The van der Waals surface area contributed by atoms with E-state index >= 15 is 0 Å². The third kappa shape index (κ3) is 3.64. The molecule has 1 aromatic carbocycles. The highest BCUT2D eigenvalue weighted by atomic mass is 35.5. The van der Waals surface area contributed by atoms with E-state index in [1.807, 2.05) is 0 Å². The standard InChI is InChI=1S/C12H11ClN4O4S/c13-8-4-3-7(6-10(8)22(14,20)21)11(18)16-17-12(19)9-2-1-5-15-9/h1-6,15H,(H,16,18)(H,17,19)(H2,14,20,21). The molecular formula is C12H11ClN4O4S. The second-order valence-corrected chi connectivity index (χ2v) is 6.12. The average Bonchev–Trinajstić information content (AvgIpc) is 2.97. The van der Waals surface area contributed by atoms with Gasteiger partial charge in [0.15, 0.2) is 0 Å². The number of sulfonamides is 1. The van der Waals surface area contributed by atoms with Gasteiger partial charge in [-0.15, -0.1) is 0 Å². The monoisotopic (exact) mass is 342 g/mol. The van der Waals surface area contributed by atoms with Crippen molar-refractivity contribution in [1.29, 1.82) is 0 Å². The third-order valence-corrected chi connectivity index (χ3v) is 4.02. The van der Waals surface area contributed by atoms with Crippen LogP contribution in [0, 0.1) is 0 Å². The second-order valence-electron chi connectivity index (χ2n) is 4.18. The number of halogens is 1. The Morgan fingerprint density at radius 1 is 1.14 bits per heavy atom. The summed E-state index contributed by atoms with van der Waals surface area (Å²) in [6.45, 7) is 0. The van der Waals surface area contributed by atoms with E-state index in [1.165, 1.54) is 18.2 Å². The number of H-pyrrole nitrogens is 1. The van der Waals surface area contributed by atoms with Crippen LogP contribution in [0.15, 0.2) is 41.4 Å². The van der Waals surface area contributed by atoms with E-state index in [4.69, 9.17) is 16.7 Å². The molecule has 0 aliphatic heterocycles. The summed E-state index contributed by atoms with van der Waals surface area (Å²) in [6, 6.07) is 6.68. The van der Waals surface area contributed by atoms with Crippen LogP contribution in [0.1, 0.15) is 20.8 Å². The number of carbonyl (C=O) groups excluding carboxylic acids is 2. The molecule has 0 fully saturated rings. The van der Waals surface area contributed by atoms with Crippen molar-refractivity contribution in [2.75, 3.05) is 0 Å². The molecule has 0 saturated carbocycles. The first kappa shape index (κ1) is 16.0. The smallest absolute Gasteiger partial charge is 0.286 e. The lowest BCUT2D eigenvalue weighted by Gasteiger charge is -2.08. The Morgan fingerprint density at radius 2 is 1.82 bits per heavy atom. The number of aromatic nitrogens is 1. The first-order valence-electron chi connectivity index (χ1n) is 5.85. The Kier molecular flexibility index (Phi) is 4.50. The van der Waals surface area contributed by atoms with Gasteiger partial charge in [0.25, 0.3) is 11.8 Å². The van der Waals surface area contributed by atoms with Crippen molar-refractivity contribution in [3.63, 3.8) is 0 Å². The van der Waals surface area contributed by atoms with Gasteiger partial charge in [0.05, 0.1) is 5.02 Å². The molecule has 116 valence electrons. The van der Waals surface area contributed by atoms with E-state index in [1.54, 1.807) is 12.3 Å². The van der Waals surface area contributed by atoms with Crippen LogP contribution in [0.25, 0.3) is 0 Å². The summed E-state index contributed by atoms with van der Waals surface area (Å²) in [4.78, 5) is 25.8. The first-order valence-corrected chi connectivity index (χ1v) is 7.78. The molecule has 1 aromatic heterocycles. The number of hydrazine groups is 1. The third-order valence-electron chi connectivity index (χ3n) is 2.63. The van der Waals surface area contributed by atoms with Crippen molar-refractivity contribution >= 4 is 33.4 Å². The van der Waals surface area contributed by atoms with Crippen molar-refractivity contribution in [3.05, 3.63) is 52.8 Å². The molecule has 0 saturated heterocycles. The molecular weight excluding hydrogens is 332 g/mol. The second kappa shape index (κ2) is 6.18. The van der Waals surface area contributed by atoms with Gasteiger partial charge in [0.1, 0.15) is 10.6 Å². The van der Waals surface area contributed by atoms with Crippen molar-refractivity contribution in [1.82, 2.24) is 15.8 Å². The predicted octanol–water partition coefficient (Wildman–Crippen LogP) is 0.390. The van der Waals surface area contributed by atoms with E-state index in [9.17, 15) is 18.0 Å². The average molecular weight is 343 g/mol. The van der Waals surface area contributed by atoms with Crippen molar-refractivity contribution < 1.29 is 18.0 Å². The Balaban J connectivity index is 2.12. The number of nitrogens with one attached hydrogen (secondary N) is 3. The Labute approximate surface area is 130 Å². The van der Waals surface area contributed by atoms with Gasteiger partial charge in [-0.1, -0.05) is 11.6 Å². The van der Waals surface area contributed by atoms with E-state index in [-0.39, 0.29) is 21.2 Å². The van der Waals surface area contributed by atoms with Crippen LogP contribution in [0.5, 0.6) is 0 Å². The number of benzene rings is 1. The molecule has 0 radical (unpaired) electrons. The zero-order valence-electron chi connectivity index (χ0n) is 11.0. The number of primary sulfonamides is 1. The molecule has 0 bridgehead atoms. The van der Waals surface area contributed by atoms with Crippen molar-refractivity contribution in [2.45, 2.75) is 4.90 Å². The van der Waals surface area contributed by atoms with Gasteiger partial charge < -0.3 is 4.98 Å². The molecule has 8 nitrogen and oxygen atoms in total. The number of hydrogen-bond donors (Lipinski definition) is 4. The van der Waals surface area contributed by atoms with Crippen LogP contribution in [-0.2, 0) is 10.0 Å². The van der Waals surface area contributed by atoms with E-state index in [2.05, 4.69) is 15.8 Å². The Morgan fingerprint density at radius 3 is 2.41 bits per heavy atom. The van der Waals surface area contributed by atoms with Gasteiger partial charge in [-0.05, 0) is 30.3 Å². The molecule has 22 heavy (non-hydrogen) atoms. The van der Waals surface area contributed by atoms with Gasteiger partial charge in [0.2, 0.25) is 10.0 Å². The lowest BCUT2D eigenvalue weighted by Crippen LogP contribution is -2.41. The summed E-state index contributed by atoms with van der Waals surface area (Å²) >= 11 is 5.72. The molecule has 0 aliphatic carbocycles. The molecule has 2 rings (SSSR count). The number of rotatable bonds is 3. The van der Waals surface area contributed by atoms with Crippen LogP contribution < -0.4 is 16.0 Å². The van der Waals surface area contributed by atoms with Crippen LogP contribution in [0.4, 0.5) is 0 Å². The predicted molar refractivity (Wildman–Crippen MR) is 78.6 cm³/mol. The highest BCUT2D eigenvalue weighted by Gasteiger charge is 2.17. The lowest BCUT2D eigenvalue weighted by atomic mass is 10.2. The van der Waals surface area contributed by atoms with Crippen LogP contribution in [0.3, 0.4) is 0 Å². The fraction of sp³-hybridized carbons (Fsp3) is 0. The van der Waals surface area contributed by atoms with Gasteiger partial charge in [0, 0.05) is 11.8 Å². The summed E-state index contributed by atoms with van der Waals surface area (Å²) in [5.74, 6) is -1.28. The van der Waals surface area contributed by atoms with Gasteiger partial charge in [-0.3, -0.25) is 20.4 Å². The summed E-state index contributed by atoms with van der Waals surface area (Å²) < 4.78 is 22.7. The minimum absolute atomic E-state index is 0.0276. The minimum atomic E-state index is -4.06. The largest absolute Gasteiger partial charge is 0.357 e. The number of amides is 2. The van der Waals surface area contributed by atoms with Gasteiger partial charge >= 0.3 is 0 Å². The zero-order chi connectivity index (χ0) is 16.3. The van der Waals surface area contributed by atoms with E-state index in [0.29, 0.717) is 0 Å². The number of nitrogens with two attached hydrogens (primary N) is 1. The number of aromatic amines is 1. The quantitative estimate of drug-likeness (QED) is 0.600. The normalized spacial score (nSPS) is 11.0. The zero-order valence-corrected chi connectivity index (χ0v) is 12.5. The maximum atomic E-state index is 11.9. The maximum Gasteiger partial charge on any atom is 0.286 e. The molecule has 2 amide bonds. The Hall–Kier alpha value is -2.36. The Bertz CT molecular complexity index is 818. The number of carbonyl (C=O) groups is 2. The highest BCUT2D eigenvalue weighted by molar-refractivity contribution is 7.89. The molecule has 0 unspecified atom stereocenters. The maximum absolute atomic E-state index is 11.9. The fourth-order valence-corrected chi connectivity index (χ4v) is 2.66. The molecule has 2 aromatic rings. The molecule has 1 heterocycles. The molecule has 0 aliphatic rings. The summed E-state index contributed by atoms with van der Waals surface area (Å²) in [7, 11) is -4.06. The first-order chi connectivity index (χ1) is 10.3.